The SMILES string of the molecule is CCCCCCCCCCCCCCCCCCCCCCC(N)O. The molecule has 0 aromatic rings. The Morgan fingerprint density at radius 2 is 0.720 bits per heavy atom. The molecule has 0 amide bonds. The molecule has 0 aliphatic rings. The molecule has 1 atom stereocenters. The Kier molecular flexibility index (Phi) is 21.9. The molecule has 0 saturated heterocycles. The van der Waals surface area contributed by atoms with Gasteiger partial charge in [-0.15, -0.1) is 0 Å². The zero-order chi connectivity index (χ0) is 18.4. The van der Waals surface area contributed by atoms with Crippen molar-refractivity contribution in [1.82, 2.24) is 0 Å². The fourth-order valence-electron chi connectivity index (χ4n) is 3.61. The highest BCUT2D eigenvalue weighted by molar-refractivity contribution is 4.51. The van der Waals surface area contributed by atoms with Crippen LogP contribution in [0.4, 0.5) is 0 Å². The van der Waals surface area contributed by atoms with Crippen molar-refractivity contribution >= 4 is 0 Å². The highest BCUT2D eigenvalue weighted by Gasteiger charge is 1.97. The van der Waals surface area contributed by atoms with Crippen molar-refractivity contribution in [3.63, 3.8) is 0 Å². The molecule has 0 fully saturated rings. The van der Waals surface area contributed by atoms with Crippen LogP contribution in [0.25, 0.3) is 0 Å². The van der Waals surface area contributed by atoms with Gasteiger partial charge in [0.25, 0.3) is 0 Å². The highest BCUT2D eigenvalue weighted by atomic mass is 16.3. The fourth-order valence-corrected chi connectivity index (χ4v) is 3.61. The predicted molar refractivity (Wildman–Crippen MR) is 113 cm³/mol. The lowest BCUT2D eigenvalue weighted by Gasteiger charge is -2.05. The van der Waals surface area contributed by atoms with Crippen molar-refractivity contribution in [3.8, 4) is 0 Å². The van der Waals surface area contributed by atoms with Crippen LogP contribution in [0.15, 0.2) is 0 Å². The van der Waals surface area contributed by atoms with Gasteiger partial charge in [-0.3, -0.25) is 0 Å². The molecular weight excluding hydrogens is 306 g/mol. The highest BCUT2D eigenvalue weighted by Crippen LogP contribution is 2.15. The molecule has 0 heterocycles. The maximum Gasteiger partial charge on any atom is 0.102 e. The molecule has 3 N–H and O–H groups in total. The van der Waals surface area contributed by atoms with E-state index in [-0.39, 0.29) is 0 Å². The molecule has 1 unspecified atom stereocenters. The van der Waals surface area contributed by atoms with Gasteiger partial charge in [0.1, 0.15) is 6.23 Å². The summed E-state index contributed by atoms with van der Waals surface area (Å²) in [6.07, 6.45) is 28.2. The standard InChI is InChI=1S/C23H49NO/c1-2-3-4-5-6-7-8-9-10-11-12-13-14-15-16-17-18-19-20-21-22-23(24)25/h23,25H,2-22,24H2,1H3. The Morgan fingerprint density at radius 3 is 0.960 bits per heavy atom. The average Bonchev–Trinajstić information content (AvgIpc) is 2.60. The van der Waals surface area contributed by atoms with Crippen LogP contribution >= 0.6 is 0 Å². The zero-order valence-corrected chi connectivity index (χ0v) is 17.5. The Bertz CT molecular complexity index is 230. The van der Waals surface area contributed by atoms with Crippen LogP contribution in [0.1, 0.15) is 142 Å². The molecule has 0 rings (SSSR count). The van der Waals surface area contributed by atoms with E-state index in [4.69, 9.17) is 10.8 Å². The third kappa shape index (κ3) is 23.9. The number of nitrogens with two attached hydrogens (primary N) is 1. The van der Waals surface area contributed by atoms with Crippen molar-refractivity contribution in [2.24, 2.45) is 5.73 Å². The first-order valence-electron chi connectivity index (χ1n) is 11.7. The number of aliphatic hydroxyl groups is 1. The van der Waals surface area contributed by atoms with Crippen LogP contribution in [0.5, 0.6) is 0 Å². The number of unbranched alkanes of at least 4 members (excludes halogenated alkanes) is 19. The summed E-state index contributed by atoms with van der Waals surface area (Å²) >= 11 is 0. The molecule has 0 bridgehead atoms. The van der Waals surface area contributed by atoms with Crippen LogP contribution in [-0.4, -0.2) is 11.3 Å². The van der Waals surface area contributed by atoms with E-state index in [0.717, 1.165) is 12.8 Å². The van der Waals surface area contributed by atoms with Crippen LogP contribution in [0.2, 0.25) is 0 Å². The molecule has 0 aliphatic heterocycles. The summed E-state index contributed by atoms with van der Waals surface area (Å²) in [5.41, 5.74) is 5.33. The summed E-state index contributed by atoms with van der Waals surface area (Å²) in [4.78, 5) is 0. The van der Waals surface area contributed by atoms with E-state index in [2.05, 4.69) is 6.92 Å². The molecule has 2 heteroatoms. The topological polar surface area (TPSA) is 46.2 Å². The van der Waals surface area contributed by atoms with Crippen molar-refractivity contribution in [2.45, 2.75) is 148 Å². The van der Waals surface area contributed by atoms with Gasteiger partial charge in [-0.05, 0) is 12.8 Å². The lowest BCUT2D eigenvalue weighted by Crippen LogP contribution is -2.17. The van der Waals surface area contributed by atoms with E-state index in [1.54, 1.807) is 0 Å². The lowest BCUT2D eigenvalue weighted by molar-refractivity contribution is 0.168. The molecule has 0 radical (unpaired) electrons. The second kappa shape index (κ2) is 22.0. The molecule has 2 nitrogen and oxygen atoms in total. The van der Waals surface area contributed by atoms with Crippen molar-refractivity contribution < 1.29 is 5.11 Å². The van der Waals surface area contributed by atoms with Gasteiger partial charge in [-0.25, -0.2) is 0 Å². The Morgan fingerprint density at radius 1 is 0.480 bits per heavy atom. The smallest absolute Gasteiger partial charge is 0.102 e. The maximum atomic E-state index is 8.98. The second-order valence-corrected chi connectivity index (χ2v) is 8.07. The summed E-state index contributed by atoms with van der Waals surface area (Å²) in [7, 11) is 0. The summed E-state index contributed by atoms with van der Waals surface area (Å²) < 4.78 is 0. The van der Waals surface area contributed by atoms with Crippen LogP contribution in [0, 0.1) is 0 Å². The van der Waals surface area contributed by atoms with E-state index in [1.165, 1.54) is 122 Å². The lowest BCUT2D eigenvalue weighted by atomic mass is 10.0. The Hall–Kier alpha value is -0.0800. The van der Waals surface area contributed by atoms with Gasteiger partial charge in [0, 0.05) is 0 Å². The third-order valence-electron chi connectivity index (χ3n) is 5.35. The Balaban J connectivity index is 2.96. The molecule has 0 aliphatic carbocycles. The molecule has 0 aromatic heterocycles. The minimum atomic E-state index is -0.601. The van der Waals surface area contributed by atoms with Crippen LogP contribution in [-0.2, 0) is 0 Å². The second-order valence-electron chi connectivity index (χ2n) is 8.07. The summed E-state index contributed by atoms with van der Waals surface area (Å²) in [6, 6.07) is 0. The Labute approximate surface area is 159 Å². The largest absolute Gasteiger partial charge is 0.379 e. The molecule has 152 valence electrons. The van der Waals surface area contributed by atoms with E-state index in [9.17, 15) is 0 Å². The molecule has 0 aromatic carbocycles. The molecule has 0 spiro atoms. The third-order valence-corrected chi connectivity index (χ3v) is 5.35. The van der Waals surface area contributed by atoms with Crippen LogP contribution in [0.3, 0.4) is 0 Å². The molecule has 25 heavy (non-hydrogen) atoms. The maximum absolute atomic E-state index is 8.98. The molecular formula is C23H49NO. The van der Waals surface area contributed by atoms with Gasteiger partial charge in [0.2, 0.25) is 0 Å². The minimum Gasteiger partial charge on any atom is -0.379 e. The van der Waals surface area contributed by atoms with Crippen molar-refractivity contribution in [1.29, 1.82) is 0 Å². The molecule has 0 saturated carbocycles. The first-order valence-corrected chi connectivity index (χ1v) is 11.7. The number of aliphatic hydroxyl groups excluding tert-OH is 1. The number of hydrogen-bond donors (Lipinski definition) is 2. The first-order chi connectivity index (χ1) is 12.3. The fraction of sp³-hybridized carbons (Fsp3) is 1.00. The van der Waals surface area contributed by atoms with E-state index in [1.807, 2.05) is 0 Å². The first kappa shape index (κ1) is 24.9. The quantitative estimate of drug-likeness (QED) is 0.166. The average molecular weight is 356 g/mol. The van der Waals surface area contributed by atoms with E-state index >= 15 is 0 Å². The van der Waals surface area contributed by atoms with Gasteiger partial charge in [-0.2, -0.15) is 0 Å². The summed E-state index contributed by atoms with van der Waals surface area (Å²) in [6.45, 7) is 2.29. The van der Waals surface area contributed by atoms with Gasteiger partial charge in [0.15, 0.2) is 0 Å². The summed E-state index contributed by atoms with van der Waals surface area (Å²) in [5.74, 6) is 0. The normalized spacial score (nSPS) is 12.6. The monoisotopic (exact) mass is 355 g/mol. The van der Waals surface area contributed by atoms with Crippen LogP contribution < -0.4 is 5.73 Å². The van der Waals surface area contributed by atoms with Gasteiger partial charge < -0.3 is 10.8 Å². The number of rotatable bonds is 21. The number of hydrogen-bond acceptors (Lipinski definition) is 2. The van der Waals surface area contributed by atoms with Gasteiger partial charge in [-0.1, -0.05) is 129 Å². The van der Waals surface area contributed by atoms with E-state index < -0.39 is 6.23 Å². The summed E-state index contributed by atoms with van der Waals surface area (Å²) in [5, 5.41) is 8.98. The van der Waals surface area contributed by atoms with Crippen molar-refractivity contribution in [3.05, 3.63) is 0 Å². The van der Waals surface area contributed by atoms with Crippen molar-refractivity contribution in [2.75, 3.05) is 0 Å². The van der Waals surface area contributed by atoms with E-state index in [0.29, 0.717) is 0 Å². The minimum absolute atomic E-state index is 0.601. The van der Waals surface area contributed by atoms with Gasteiger partial charge >= 0.3 is 0 Å². The predicted octanol–water partition coefficient (Wildman–Crippen LogP) is 7.48. The zero-order valence-electron chi connectivity index (χ0n) is 17.5. The van der Waals surface area contributed by atoms with Gasteiger partial charge in [0.05, 0.1) is 0 Å².